The first kappa shape index (κ1) is 12.4. The van der Waals surface area contributed by atoms with Gasteiger partial charge in [0, 0.05) is 18.6 Å². The van der Waals surface area contributed by atoms with Crippen molar-refractivity contribution in [3.8, 4) is 0 Å². The standard InChI is InChI=1S/C14H28N2/c1-3-16(13-7-5-4-6-8-13)14-9-12(2)10-15-11-14/h12-15H,3-11H2,1-2H3. The Morgan fingerprint density at radius 1 is 1.06 bits per heavy atom. The van der Waals surface area contributed by atoms with Gasteiger partial charge in [-0.25, -0.2) is 0 Å². The molecule has 2 fully saturated rings. The zero-order chi connectivity index (χ0) is 11.4. The normalized spacial score (nSPS) is 33.2. The van der Waals surface area contributed by atoms with Crippen LogP contribution in [-0.2, 0) is 0 Å². The van der Waals surface area contributed by atoms with E-state index in [9.17, 15) is 0 Å². The van der Waals surface area contributed by atoms with E-state index in [4.69, 9.17) is 0 Å². The molecule has 0 radical (unpaired) electrons. The van der Waals surface area contributed by atoms with Gasteiger partial charge >= 0.3 is 0 Å². The summed E-state index contributed by atoms with van der Waals surface area (Å²) < 4.78 is 0. The summed E-state index contributed by atoms with van der Waals surface area (Å²) in [5.74, 6) is 0.858. The largest absolute Gasteiger partial charge is 0.315 e. The molecule has 1 aliphatic carbocycles. The molecule has 1 N–H and O–H groups in total. The fourth-order valence-corrected chi connectivity index (χ4v) is 3.61. The van der Waals surface area contributed by atoms with Crippen LogP contribution in [0.2, 0.25) is 0 Å². The summed E-state index contributed by atoms with van der Waals surface area (Å²) in [5, 5.41) is 3.60. The molecule has 16 heavy (non-hydrogen) atoms. The molecule has 94 valence electrons. The van der Waals surface area contributed by atoms with E-state index in [1.807, 2.05) is 0 Å². The van der Waals surface area contributed by atoms with Crippen LogP contribution >= 0.6 is 0 Å². The highest BCUT2D eigenvalue weighted by atomic mass is 15.2. The monoisotopic (exact) mass is 224 g/mol. The van der Waals surface area contributed by atoms with Gasteiger partial charge in [-0.05, 0) is 38.3 Å². The van der Waals surface area contributed by atoms with Gasteiger partial charge in [0.1, 0.15) is 0 Å². The molecule has 0 aromatic heterocycles. The van der Waals surface area contributed by atoms with Gasteiger partial charge in [-0.15, -0.1) is 0 Å². The third-order valence-corrected chi connectivity index (χ3v) is 4.43. The van der Waals surface area contributed by atoms with Crippen molar-refractivity contribution in [3.63, 3.8) is 0 Å². The van der Waals surface area contributed by atoms with Crippen molar-refractivity contribution in [3.05, 3.63) is 0 Å². The predicted octanol–water partition coefficient (Wildman–Crippen LogP) is 2.64. The van der Waals surface area contributed by atoms with Crippen molar-refractivity contribution in [1.29, 1.82) is 0 Å². The number of nitrogens with zero attached hydrogens (tertiary/aromatic N) is 1. The van der Waals surface area contributed by atoms with Crippen molar-refractivity contribution in [2.75, 3.05) is 19.6 Å². The second kappa shape index (κ2) is 6.02. The zero-order valence-electron chi connectivity index (χ0n) is 11.0. The highest BCUT2D eigenvalue weighted by Gasteiger charge is 2.29. The lowest BCUT2D eigenvalue weighted by molar-refractivity contribution is 0.0821. The van der Waals surface area contributed by atoms with E-state index in [-0.39, 0.29) is 0 Å². The summed E-state index contributed by atoms with van der Waals surface area (Å²) in [4.78, 5) is 2.79. The molecule has 1 heterocycles. The lowest BCUT2D eigenvalue weighted by Gasteiger charge is -2.42. The van der Waals surface area contributed by atoms with Crippen molar-refractivity contribution < 1.29 is 0 Å². The first-order valence-electron chi connectivity index (χ1n) is 7.27. The molecule has 0 amide bonds. The minimum absolute atomic E-state index is 0.803. The van der Waals surface area contributed by atoms with Gasteiger partial charge in [-0.1, -0.05) is 33.1 Å². The van der Waals surface area contributed by atoms with Crippen LogP contribution in [0.25, 0.3) is 0 Å². The Labute approximate surface area is 101 Å². The molecule has 0 aromatic carbocycles. The van der Waals surface area contributed by atoms with Crippen LogP contribution in [0.3, 0.4) is 0 Å². The zero-order valence-corrected chi connectivity index (χ0v) is 11.0. The SMILES string of the molecule is CCN(C1CCCCC1)C1CNCC(C)C1. The molecular weight excluding hydrogens is 196 g/mol. The maximum absolute atomic E-state index is 3.60. The quantitative estimate of drug-likeness (QED) is 0.793. The van der Waals surface area contributed by atoms with E-state index in [2.05, 4.69) is 24.1 Å². The van der Waals surface area contributed by atoms with E-state index in [1.54, 1.807) is 0 Å². The molecule has 2 heteroatoms. The average Bonchev–Trinajstić information content (AvgIpc) is 2.31. The topological polar surface area (TPSA) is 15.3 Å². The fraction of sp³-hybridized carbons (Fsp3) is 1.00. The number of rotatable bonds is 3. The van der Waals surface area contributed by atoms with Crippen molar-refractivity contribution >= 4 is 0 Å². The molecule has 0 spiro atoms. The Morgan fingerprint density at radius 3 is 2.44 bits per heavy atom. The molecule has 2 aliphatic rings. The Bertz CT molecular complexity index is 199. The minimum Gasteiger partial charge on any atom is -0.315 e. The first-order chi connectivity index (χ1) is 7.81. The molecule has 0 aromatic rings. The lowest BCUT2D eigenvalue weighted by atomic mass is 9.90. The van der Waals surface area contributed by atoms with E-state index in [0.29, 0.717) is 0 Å². The average molecular weight is 224 g/mol. The lowest BCUT2D eigenvalue weighted by Crippen LogP contribution is -2.52. The van der Waals surface area contributed by atoms with Crippen LogP contribution in [0.1, 0.15) is 52.4 Å². The molecular formula is C14H28N2. The van der Waals surface area contributed by atoms with Crippen LogP contribution in [-0.4, -0.2) is 36.6 Å². The van der Waals surface area contributed by atoms with Gasteiger partial charge in [-0.2, -0.15) is 0 Å². The van der Waals surface area contributed by atoms with Crippen LogP contribution in [0.5, 0.6) is 0 Å². The van der Waals surface area contributed by atoms with Crippen LogP contribution in [0.15, 0.2) is 0 Å². The summed E-state index contributed by atoms with van der Waals surface area (Å²) in [7, 11) is 0. The Balaban J connectivity index is 1.91. The number of piperidine rings is 1. The third-order valence-electron chi connectivity index (χ3n) is 4.43. The molecule has 2 rings (SSSR count). The van der Waals surface area contributed by atoms with E-state index >= 15 is 0 Å². The molecule has 2 atom stereocenters. The number of hydrogen-bond acceptors (Lipinski definition) is 2. The fourth-order valence-electron chi connectivity index (χ4n) is 3.61. The van der Waals surface area contributed by atoms with Crippen LogP contribution < -0.4 is 5.32 Å². The molecule has 2 nitrogen and oxygen atoms in total. The maximum Gasteiger partial charge on any atom is 0.0226 e. The Kier molecular flexibility index (Phi) is 4.66. The first-order valence-corrected chi connectivity index (χ1v) is 7.27. The van der Waals surface area contributed by atoms with E-state index < -0.39 is 0 Å². The third kappa shape index (κ3) is 2.98. The summed E-state index contributed by atoms with van der Waals surface area (Å²) >= 11 is 0. The molecule has 1 saturated heterocycles. The van der Waals surface area contributed by atoms with E-state index in [0.717, 1.165) is 18.0 Å². The molecule has 0 bridgehead atoms. The second-order valence-corrected chi connectivity index (χ2v) is 5.78. The highest BCUT2D eigenvalue weighted by molar-refractivity contribution is 4.86. The predicted molar refractivity (Wildman–Crippen MR) is 69.7 cm³/mol. The molecule has 1 saturated carbocycles. The Morgan fingerprint density at radius 2 is 1.81 bits per heavy atom. The number of likely N-dealkylation sites (N-methyl/N-ethyl adjacent to an activating group) is 1. The minimum atomic E-state index is 0.803. The summed E-state index contributed by atoms with van der Waals surface area (Å²) in [6.07, 6.45) is 8.66. The van der Waals surface area contributed by atoms with Crippen molar-refractivity contribution in [2.45, 2.75) is 64.5 Å². The summed E-state index contributed by atoms with van der Waals surface area (Å²) in [5.41, 5.74) is 0. The van der Waals surface area contributed by atoms with Gasteiger partial charge in [0.15, 0.2) is 0 Å². The number of nitrogens with one attached hydrogen (secondary N) is 1. The highest BCUT2D eigenvalue weighted by Crippen LogP contribution is 2.26. The van der Waals surface area contributed by atoms with Gasteiger partial charge < -0.3 is 5.32 Å². The van der Waals surface area contributed by atoms with Crippen molar-refractivity contribution in [2.24, 2.45) is 5.92 Å². The number of hydrogen-bond donors (Lipinski definition) is 1. The van der Waals surface area contributed by atoms with Crippen LogP contribution in [0, 0.1) is 5.92 Å². The maximum atomic E-state index is 3.60. The van der Waals surface area contributed by atoms with Gasteiger partial charge in [0.25, 0.3) is 0 Å². The second-order valence-electron chi connectivity index (χ2n) is 5.78. The summed E-state index contributed by atoms with van der Waals surface area (Å²) in [6, 6.07) is 1.69. The Hall–Kier alpha value is -0.0800. The van der Waals surface area contributed by atoms with E-state index in [1.165, 1.54) is 58.2 Å². The van der Waals surface area contributed by atoms with Gasteiger partial charge in [0.05, 0.1) is 0 Å². The van der Waals surface area contributed by atoms with Gasteiger partial charge in [-0.3, -0.25) is 4.90 Å². The van der Waals surface area contributed by atoms with Gasteiger partial charge in [0.2, 0.25) is 0 Å². The molecule has 1 aliphatic heterocycles. The molecule has 2 unspecified atom stereocenters. The van der Waals surface area contributed by atoms with Crippen molar-refractivity contribution in [1.82, 2.24) is 10.2 Å². The smallest absolute Gasteiger partial charge is 0.0226 e. The van der Waals surface area contributed by atoms with Crippen LogP contribution in [0.4, 0.5) is 0 Å². The summed E-state index contributed by atoms with van der Waals surface area (Å²) in [6.45, 7) is 8.40.